The first-order valence-corrected chi connectivity index (χ1v) is 24.4. The normalized spacial score (nSPS) is 13.7. The van der Waals surface area contributed by atoms with Gasteiger partial charge in [-0.3, -0.25) is 9.59 Å². The summed E-state index contributed by atoms with van der Waals surface area (Å²) in [4.78, 5) is 37.0. The second kappa shape index (κ2) is 44.8. The van der Waals surface area contributed by atoms with E-state index in [-0.39, 0.29) is 38.6 Å². The molecule has 0 saturated carbocycles. The average Bonchev–Trinajstić information content (AvgIpc) is 3.24. The van der Waals surface area contributed by atoms with Crippen LogP contribution in [-0.4, -0.2) is 82.3 Å². The standard InChI is InChI=1S/C54H89NO8/c1-6-8-10-12-14-16-18-20-21-22-23-24-25-26-27-28-29-30-31-33-35-37-39-41-43-45-52(57)63-50(49-62-54(53(58)59)60-47-46-55(3,4)5)48-61-51(56)44-42-40-38-36-34-32-19-17-15-13-11-9-7-2/h8,10,14,16-17,19-21,23-24,26-27,29-30,33,35,50,54H,6-7,9,11-13,15,18,22,25,28,31-32,34,36-49H2,1-5H3/b10-8-,16-14-,19-17-,21-20-,24-23-,27-26-,30-29-,35-33-. The van der Waals surface area contributed by atoms with Crippen LogP contribution in [0.1, 0.15) is 168 Å². The van der Waals surface area contributed by atoms with Gasteiger partial charge >= 0.3 is 11.9 Å². The van der Waals surface area contributed by atoms with Gasteiger partial charge in [0.05, 0.1) is 40.3 Å². The van der Waals surface area contributed by atoms with Crippen LogP contribution in [0, 0.1) is 0 Å². The van der Waals surface area contributed by atoms with Crippen molar-refractivity contribution in [2.45, 2.75) is 180 Å². The molecule has 2 atom stereocenters. The smallest absolute Gasteiger partial charge is 0.306 e. The van der Waals surface area contributed by atoms with Crippen LogP contribution in [0.15, 0.2) is 97.2 Å². The first-order valence-electron chi connectivity index (χ1n) is 24.4. The van der Waals surface area contributed by atoms with Crippen molar-refractivity contribution in [3.8, 4) is 0 Å². The van der Waals surface area contributed by atoms with Gasteiger partial charge in [0.2, 0.25) is 0 Å². The van der Waals surface area contributed by atoms with Crippen LogP contribution in [0.5, 0.6) is 0 Å². The molecule has 0 N–H and O–H groups in total. The number of carboxylic acid groups (broad SMARTS) is 1. The Morgan fingerprint density at radius 1 is 0.492 bits per heavy atom. The zero-order chi connectivity index (χ0) is 46.3. The lowest BCUT2D eigenvalue weighted by atomic mass is 10.1. The number of quaternary nitrogens is 1. The molecular formula is C54H89NO8. The Bertz CT molecular complexity index is 1350. The van der Waals surface area contributed by atoms with Crippen LogP contribution in [0.4, 0.5) is 0 Å². The van der Waals surface area contributed by atoms with Gasteiger partial charge in [-0.2, -0.15) is 0 Å². The average molecular weight is 880 g/mol. The van der Waals surface area contributed by atoms with Crippen LogP contribution >= 0.6 is 0 Å². The Balaban J connectivity index is 4.47. The fourth-order valence-corrected chi connectivity index (χ4v) is 6.04. The summed E-state index contributed by atoms with van der Waals surface area (Å²) in [5.41, 5.74) is 0. The topological polar surface area (TPSA) is 111 Å². The number of carbonyl (C=O) groups excluding carboxylic acids is 3. The number of carbonyl (C=O) groups is 3. The molecule has 0 rings (SSSR count). The van der Waals surface area contributed by atoms with E-state index in [4.69, 9.17) is 18.9 Å². The first-order chi connectivity index (χ1) is 30.6. The maximum atomic E-state index is 12.8. The predicted octanol–water partition coefficient (Wildman–Crippen LogP) is 12.1. The molecule has 0 aromatic rings. The van der Waals surface area contributed by atoms with E-state index >= 15 is 0 Å². The molecular weight excluding hydrogens is 791 g/mol. The minimum Gasteiger partial charge on any atom is -0.545 e. The minimum absolute atomic E-state index is 0.134. The van der Waals surface area contributed by atoms with Gasteiger partial charge in [-0.05, 0) is 96.3 Å². The molecule has 0 aliphatic heterocycles. The van der Waals surface area contributed by atoms with Gasteiger partial charge in [0.25, 0.3) is 0 Å². The van der Waals surface area contributed by atoms with Gasteiger partial charge in [-0.1, -0.05) is 156 Å². The van der Waals surface area contributed by atoms with E-state index in [1.54, 1.807) is 0 Å². The van der Waals surface area contributed by atoms with E-state index in [1.165, 1.54) is 32.1 Å². The number of hydrogen-bond donors (Lipinski definition) is 0. The van der Waals surface area contributed by atoms with E-state index in [0.717, 1.165) is 103 Å². The summed E-state index contributed by atoms with van der Waals surface area (Å²) in [6, 6.07) is 0. The second-order valence-electron chi connectivity index (χ2n) is 17.0. The molecule has 0 saturated heterocycles. The summed E-state index contributed by atoms with van der Waals surface area (Å²) in [6.45, 7) is 4.53. The molecule has 2 unspecified atom stereocenters. The summed E-state index contributed by atoms with van der Waals surface area (Å²) in [6.07, 6.45) is 55.8. The van der Waals surface area contributed by atoms with Crippen molar-refractivity contribution >= 4 is 17.9 Å². The van der Waals surface area contributed by atoms with Crippen molar-refractivity contribution in [3.63, 3.8) is 0 Å². The number of hydrogen-bond acceptors (Lipinski definition) is 8. The van der Waals surface area contributed by atoms with Crippen LogP contribution in [0.25, 0.3) is 0 Å². The molecule has 0 aliphatic rings. The monoisotopic (exact) mass is 880 g/mol. The Kier molecular flexibility index (Phi) is 42.1. The Morgan fingerprint density at radius 3 is 1.38 bits per heavy atom. The number of carboxylic acids is 1. The van der Waals surface area contributed by atoms with Gasteiger partial charge in [0.1, 0.15) is 13.2 Å². The van der Waals surface area contributed by atoms with E-state index in [2.05, 4.69) is 111 Å². The molecule has 358 valence electrons. The summed E-state index contributed by atoms with van der Waals surface area (Å²) < 4.78 is 22.5. The van der Waals surface area contributed by atoms with Crippen LogP contribution in [0.2, 0.25) is 0 Å². The maximum absolute atomic E-state index is 12.8. The number of esters is 2. The molecule has 0 radical (unpaired) electrons. The third-order valence-electron chi connectivity index (χ3n) is 9.82. The van der Waals surface area contributed by atoms with E-state index < -0.39 is 24.3 Å². The van der Waals surface area contributed by atoms with Crippen molar-refractivity contribution in [1.29, 1.82) is 0 Å². The van der Waals surface area contributed by atoms with Crippen LogP contribution in [0.3, 0.4) is 0 Å². The molecule has 0 heterocycles. The summed E-state index contributed by atoms with van der Waals surface area (Å²) >= 11 is 0. The van der Waals surface area contributed by atoms with E-state index in [0.29, 0.717) is 17.4 Å². The summed E-state index contributed by atoms with van der Waals surface area (Å²) in [7, 11) is 5.89. The Labute approximate surface area is 384 Å². The lowest BCUT2D eigenvalue weighted by molar-refractivity contribution is -0.870. The quantitative estimate of drug-likeness (QED) is 0.0196. The lowest BCUT2D eigenvalue weighted by Gasteiger charge is -2.26. The zero-order valence-corrected chi connectivity index (χ0v) is 40.4. The molecule has 63 heavy (non-hydrogen) atoms. The van der Waals surface area contributed by atoms with Crippen molar-refractivity contribution in [3.05, 3.63) is 97.2 Å². The number of rotatable bonds is 43. The van der Waals surface area contributed by atoms with Crippen molar-refractivity contribution in [2.75, 3.05) is 47.5 Å². The van der Waals surface area contributed by atoms with E-state index in [9.17, 15) is 19.5 Å². The predicted molar refractivity (Wildman–Crippen MR) is 260 cm³/mol. The molecule has 0 aromatic heterocycles. The Morgan fingerprint density at radius 2 is 0.905 bits per heavy atom. The van der Waals surface area contributed by atoms with Gasteiger partial charge in [-0.15, -0.1) is 0 Å². The summed E-state index contributed by atoms with van der Waals surface area (Å²) in [5.74, 6) is -2.36. The molecule has 0 aliphatic carbocycles. The molecule has 9 nitrogen and oxygen atoms in total. The summed E-state index contributed by atoms with van der Waals surface area (Å²) in [5, 5.41) is 11.7. The number of likely N-dealkylation sites (N-methyl/N-ethyl adjacent to an activating group) is 1. The Hall–Kier alpha value is -3.79. The van der Waals surface area contributed by atoms with Gasteiger partial charge in [0.15, 0.2) is 12.4 Å². The highest BCUT2D eigenvalue weighted by molar-refractivity contribution is 5.70. The van der Waals surface area contributed by atoms with Gasteiger partial charge in [-0.25, -0.2) is 0 Å². The van der Waals surface area contributed by atoms with Crippen molar-refractivity contribution < 1.29 is 42.9 Å². The number of ether oxygens (including phenoxy) is 4. The largest absolute Gasteiger partial charge is 0.545 e. The number of nitrogens with zero attached hydrogens (tertiary/aromatic N) is 1. The highest BCUT2D eigenvalue weighted by Crippen LogP contribution is 2.12. The van der Waals surface area contributed by atoms with Crippen molar-refractivity contribution in [1.82, 2.24) is 0 Å². The van der Waals surface area contributed by atoms with Crippen LogP contribution in [-0.2, 0) is 33.3 Å². The molecule has 9 heteroatoms. The fourth-order valence-electron chi connectivity index (χ4n) is 6.04. The van der Waals surface area contributed by atoms with Gasteiger partial charge < -0.3 is 33.3 Å². The third-order valence-corrected chi connectivity index (χ3v) is 9.82. The minimum atomic E-state index is -1.64. The fraction of sp³-hybridized carbons (Fsp3) is 0.648. The molecule has 0 amide bonds. The molecule has 0 spiro atoms. The SMILES string of the molecule is CC/C=C\C/C=C\C/C=C\C/C=C\C/C=C\C/C=C\C/C=C\CCCCCC(=O)OC(COC(=O)CCCCCCC/C=C\CCCCCC)COC(OCC[N+](C)(C)C)C(=O)[O-]. The third kappa shape index (κ3) is 46.0. The van der Waals surface area contributed by atoms with Gasteiger partial charge in [0, 0.05) is 12.8 Å². The number of unbranched alkanes of at least 4 members (excludes halogenated alkanes) is 12. The second-order valence-corrected chi connectivity index (χ2v) is 17.0. The lowest BCUT2D eigenvalue weighted by Crippen LogP contribution is -2.44. The molecule has 0 bridgehead atoms. The van der Waals surface area contributed by atoms with Crippen molar-refractivity contribution in [2.24, 2.45) is 0 Å². The van der Waals surface area contributed by atoms with E-state index in [1.807, 2.05) is 21.1 Å². The first kappa shape index (κ1) is 59.2. The zero-order valence-electron chi connectivity index (χ0n) is 40.4. The maximum Gasteiger partial charge on any atom is 0.306 e. The molecule has 0 fully saturated rings. The number of allylic oxidation sites excluding steroid dienone is 16. The number of aliphatic carboxylic acids is 1. The van der Waals surface area contributed by atoms with Crippen LogP contribution < -0.4 is 5.11 Å². The molecule has 0 aromatic carbocycles. The highest BCUT2D eigenvalue weighted by Gasteiger charge is 2.21. The highest BCUT2D eigenvalue weighted by atomic mass is 16.7.